The van der Waals surface area contributed by atoms with Crippen LogP contribution in [0.2, 0.25) is 0 Å². The number of furan rings is 1. The number of hydroxylamine groups is 1. The molecule has 0 radical (unpaired) electrons. The van der Waals surface area contributed by atoms with Crippen LogP contribution < -0.4 is 26.2 Å². The SMILES string of the molecule is C/C=c1/oc(C(=O)NCCOc2ccc(C(=O)NO)cc2)c(CN(C)C)/c1=C/CC. The van der Waals surface area contributed by atoms with Crippen molar-refractivity contribution in [3.63, 3.8) is 0 Å². The van der Waals surface area contributed by atoms with E-state index in [0.29, 0.717) is 29.0 Å². The van der Waals surface area contributed by atoms with Crippen molar-refractivity contribution in [2.45, 2.75) is 26.8 Å². The maximum atomic E-state index is 12.7. The van der Waals surface area contributed by atoms with Crippen molar-refractivity contribution in [3.8, 4) is 5.75 Å². The molecule has 0 saturated heterocycles. The van der Waals surface area contributed by atoms with Gasteiger partial charge in [-0.1, -0.05) is 13.0 Å². The van der Waals surface area contributed by atoms with Crippen LogP contribution in [0.3, 0.4) is 0 Å². The smallest absolute Gasteiger partial charge is 0.287 e. The van der Waals surface area contributed by atoms with Crippen LogP contribution in [0.5, 0.6) is 5.75 Å². The summed E-state index contributed by atoms with van der Waals surface area (Å²) in [7, 11) is 3.89. The number of amides is 2. The summed E-state index contributed by atoms with van der Waals surface area (Å²) in [6.45, 7) is 5.07. The number of nitrogens with zero attached hydrogens (tertiary/aromatic N) is 1. The zero-order valence-corrected chi connectivity index (χ0v) is 17.8. The van der Waals surface area contributed by atoms with Crippen LogP contribution >= 0.6 is 0 Å². The predicted octanol–water partition coefficient (Wildman–Crippen LogP) is 1.26. The number of ether oxygens (including phenoxy) is 1. The number of carbonyl (C=O) groups excluding carboxylic acids is 2. The van der Waals surface area contributed by atoms with E-state index < -0.39 is 5.91 Å². The van der Waals surface area contributed by atoms with Gasteiger partial charge in [0.05, 0.1) is 6.54 Å². The minimum atomic E-state index is -0.593. The third kappa shape index (κ3) is 5.95. The molecule has 0 aliphatic rings. The van der Waals surface area contributed by atoms with E-state index in [-0.39, 0.29) is 19.1 Å². The van der Waals surface area contributed by atoms with Gasteiger partial charge in [0.25, 0.3) is 11.8 Å². The van der Waals surface area contributed by atoms with Crippen molar-refractivity contribution in [3.05, 3.63) is 51.8 Å². The predicted molar refractivity (Wildman–Crippen MR) is 114 cm³/mol. The van der Waals surface area contributed by atoms with Gasteiger partial charge in [-0.15, -0.1) is 0 Å². The second-order valence-electron chi connectivity index (χ2n) is 6.90. The Hall–Kier alpha value is -3.10. The molecule has 8 nitrogen and oxygen atoms in total. The molecule has 0 unspecified atom stereocenters. The van der Waals surface area contributed by atoms with E-state index in [2.05, 4.69) is 11.4 Å². The molecule has 2 amide bonds. The fourth-order valence-electron chi connectivity index (χ4n) is 2.98. The van der Waals surface area contributed by atoms with Crippen molar-refractivity contribution in [2.75, 3.05) is 27.2 Å². The summed E-state index contributed by atoms with van der Waals surface area (Å²) in [5.74, 6) is -0.0166. The Morgan fingerprint density at radius 3 is 2.47 bits per heavy atom. The lowest BCUT2D eigenvalue weighted by molar-refractivity contribution is 0.0706. The van der Waals surface area contributed by atoms with Crippen LogP contribution in [-0.2, 0) is 6.54 Å². The first-order valence-corrected chi connectivity index (χ1v) is 9.79. The molecule has 1 heterocycles. The Balaban J connectivity index is 2.03. The summed E-state index contributed by atoms with van der Waals surface area (Å²) in [6.07, 6.45) is 4.77. The number of hydrogen-bond acceptors (Lipinski definition) is 6. The Kier molecular flexibility index (Phi) is 8.64. The summed E-state index contributed by atoms with van der Waals surface area (Å²) in [6, 6.07) is 6.30. The first-order chi connectivity index (χ1) is 14.4. The van der Waals surface area contributed by atoms with Gasteiger partial charge in [-0.05, 0) is 57.8 Å². The van der Waals surface area contributed by atoms with E-state index in [1.54, 1.807) is 17.6 Å². The Labute approximate surface area is 175 Å². The lowest BCUT2D eigenvalue weighted by Crippen LogP contribution is -2.30. The summed E-state index contributed by atoms with van der Waals surface area (Å²) in [5, 5.41) is 12.4. The third-order valence-corrected chi connectivity index (χ3v) is 4.30. The molecule has 1 aromatic heterocycles. The molecule has 0 aliphatic heterocycles. The van der Waals surface area contributed by atoms with E-state index in [0.717, 1.165) is 17.2 Å². The molecular weight excluding hydrogens is 386 g/mol. The third-order valence-electron chi connectivity index (χ3n) is 4.30. The highest BCUT2D eigenvalue weighted by Crippen LogP contribution is 2.12. The summed E-state index contributed by atoms with van der Waals surface area (Å²) in [4.78, 5) is 26.0. The number of rotatable bonds is 9. The molecule has 162 valence electrons. The highest BCUT2D eigenvalue weighted by atomic mass is 16.5. The van der Waals surface area contributed by atoms with Crippen molar-refractivity contribution < 1.29 is 24.0 Å². The molecule has 0 saturated carbocycles. The molecule has 0 aliphatic carbocycles. The molecule has 1 aromatic carbocycles. The largest absolute Gasteiger partial charge is 0.492 e. The summed E-state index contributed by atoms with van der Waals surface area (Å²) >= 11 is 0. The Bertz CT molecular complexity index is 977. The first kappa shape index (κ1) is 23.2. The Morgan fingerprint density at radius 2 is 1.90 bits per heavy atom. The van der Waals surface area contributed by atoms with Crippen LogP contribution in [-0.4, -0.2) is 49.2 Å². The fourth-order valence-corrected chi connectivity index (χ4v) is 2.98. The quantitative estimate of drug-likeness (QED) is 0.324. The molecule has 2 rings (SSSR count). The van der Waals surface area contributed by atoms with E-state index in [1.165, 1.54) is 12.1 Å². The zero-order chi connectivity index (χ0) is 22.1. The number of hydrogen-bond donors (Lipinski definition) is 3. The van der Waals surface area contributed by atoms with Crippen LogP contribution in [0, 0.1) is 0 Å². The number of carbonyl (C=O) groups is 2. The molecule has 0 bridgehead atoms. The van der Waals surface area contributed by atoms with E-state index in [9.17, 15) is 9.59 Å². The van der Waals surface area contributed by atoms with E-state index >= 15 is 0 Å². The second-order valence-corrected chi connectivity index (χ2v) is 6.90. The monoisotopic (exact) mass is 415 g/mol. The summed E-state index contributed by atoms with van der Waals surface area (Å²) < 4.78 is 11.4. The minimum Gasteiger partial charge on any atom is -0.492 e. The topological polar surface area (TPSA) is 104 Å². The standard InChI is InChI=1S/C22H29N3O5/c1-5-7-17-18(14-25(3)4)20(30-19(17)6-2)22(27)23-12-13-29-16-10-8-15(9-11-16)21(26)24-28/h6-11,28H,5,12-14H2,1-4H3,(H,23,27)(H,24,26)/b17-7-,19-6+. The highest BCUT2D eigenvalue weighted by Gasteiger charge is 2.19. The van der Waals surface area contributed by atoms with Gasteiger partial charge in [0.2, 0.25) is 0 Å². The van der Waals surface area contributed by atoms with Gasteiger partial charge in [-0.3, -0.25) is 14.8 Å². The highest BCUT2D eigenvalue weighted by molar-refractivity contribution is 5.93. The van der Waals surface area contributed by atoms with Gasteiger partial charge in [-0.2, -0.15) is 0 Å². The van der Waals surface area contributed by atoms with Gasteiger partial charge < -0.3 is 19.4 Å². The average Bonchev–Trinajstić information content (AvgIpc) is 3.08. The van der Waals surface area contributed by atoms with Crippen molar-refractivity contribution in [2.24, 2.45) is 0 Å². The van der Waals surface area contributed by atoms with E-state index in [1.807, 2.05) is 38.9 Å². The molecule has 0 fully saturated rings. The van der Waals surface area contributed by atoms with Crippen molar-refractivity contribution in [1.29, 1.82) is 0 Å². The van der Waals surface area contributed by atoms with Gasteiger partial charge in [0, 0.05) is 22.9 Å². The fraction of sp³-hybridized carbons (Fsp3) is 0.364. The lowest BCUT2D eigenvalue weighted by Gasteiger charge is -2.11. The van der Waals surface area contributed by atoms with Gasteiger partial charge in [-0.25, -0.2) is 5.48 Å². The van der Waals surface area contributed by atoms with Crippen molar-refractivity contribution >= 4 is 24.0 Å². The van der Waals surface area contributed by atoms with E-state index in [4.69, 9.17) is 14.4 Å². The molecule has 8 heteroatoms. The van der Waals surface area contributed by atoms with Crippen LogP contribution in [0.25, 0.3) is 12.2 Å². The summed E-state index contributed by atoms with van der Waals surface area (Å²) in [5.41, 5.74) is 3.45. The molecular formula is C22H29N3O5. The normalized spacial score (nSPS) is 12.3. The van der Waals surface area contributed by atoms with Gasteiger partial charge in [0.15, 0.2) is 5.76 Å². The lowest BCUT2D eigenvalue weighted by atomic mass is 10.1. The van der Waals surface area contributed by atoms with Gasteiger partial charge >= 0.3 is 0 Å². The molecule has 2 aromatic rings. The molecule has 3 N–H and O–H groups in total. The van der Waals surface area contributed by atoms with Crippen LogP contribution in [0.1, 0.15) is 46.7 Å². The van der Waals surface area contributed by atoms with Gasteiger partial charge in [0.1, 0.15) is 17.8 Å². The van der Waals surface area contributed by atoms with Crippen LogP contribution in [0.4, 0.5) is 0 Å². The Morgan fingerprint density at radius 1 is 1.20 bits per heavy atom. The maximum Gasteiger partial charge on any atom is 0.287 e. The molecule has 30 heavy (non-hydrogen) atoms. The number of benzene rings is 1. The average molecular weight is 415 g/mol. The molecule has 0 spiro atoms. The van der Waals surface area contributed by atoms with Crippen molar-refractivity contribution in [1.82, 2.24) is 15.7 Å². The van der Waals surface area contributed by atoms with Crippen LogP contribution in [0.15, 0.2) is 28.7 Å². The first-order valence-electron chi connectivity index (χ1n) is 9.79. The molecule has 0 atom stereocenters. The minimum absolute atomic E-state index is 0.252. The second kappa shape index (κ2) is 11.2. The zero-order valence-electron chi connectivity index (χ0n) is 17.8. The number of nitrogens with one attached hydrogen (secondary N) is 2. The maximum absolute atomic E-state index is 12.7.